The van der Waals surface area contributed by atoms with Crippen LogP contribution in [-0.4, -0.2) is 24.0 Å². The van der Waals surface area contributed by atoms with Crippen LogP contribution in [0, 0.1) is 13.8 Å². The van der Waals surface area contributed by atoms with E-state index in [0.717, 1.165) is 30.4 Å². The molecule has 0 aromatic heterocycles. The topological polar surface area (TPSA) is 73.9 Å². The number of hydrogen-bond acceptors (Lipinski definition) is 5. The average Bonchev–Trinajstić information content (AvgIpc) is 2.65. The van der Waals surface area contributed by atoms with E-state index in [0.29, 0.717) is 23.4 Å². The number of ether oxygens (including phenoxy) is 3. The van der Waals surface area contributed by atoms with Crippen LogP contribution in [0.15, 0.2) is 24.7 Å². The highest BCUT2D eigenvalue weighted by atomic mass is 35.5. The van der Waals surface area contributed by atoms with E-state index < -0.39 is 23.2 Å². The fourth-order valence-electron chi connectivity index (χ4n) is 3.79. The van der Waals surface area contributed by atoms with Gasteiger partial charge in [0, 0.05) is 0 Å². The normalized spacial score (nSPS) is 19.6. The summed E-state index contributed by atoms with van der Waals surface area (Å²) < 4.78 is 16.5. The molecular weight excluding hydrogens is 382 g/mol. The fraction of sp³-hybridized carbons (Fsp3) is 0.524. The molecule has 1 aromatic rings. The summed E-state index contributed by atoms with van der Waals surface area (Å²) in [4.78, 5) is 26.0. The third-order valence-electron chi connectivity index (χ3n) is 5.55. The number of carbonyl (C=O) groups is 2. The summed E-state index contributed by atoms with van der Waals surface area (Å²) in [5, 5.41) is 3.26. The Morgan fingerprint density at radius 2 is 1.86 bits per heavy atom. The zero-order valence-corrected chi connectivity index (χ0v) is 17.3. The Bertz CT molecular complexity index is 805. The highest BCUT2D eigenvalue weighted by Gasteiger charge is 2.58. The predicted molar refractivity (Wildman–Crippen MR) is 105 cm³/mol. The van der Waals surface area contributed by atoms with Crippen LogP contribution in [0.4, 0.5) is 0 Å². The minimum atomic E-state index is -1.76. The van der Waals surface area contributed by atoms with Gasteiger partial charge in [-0.1, -0.05) is 36.9 Å². The van der Waals surface area contributed by atoms with Crippen LogP contribution < -0.4 is 5.32 Å². The zero-order chi connectivity index (χ0) is 20.5. The van der Waals surface area contributed by atoms with Crippen LogP contribution in [0.25, 0.3) is 0 Å². The first kappa shape index (κ1) is 20.5. The maximum atomic E-state index is 13.4. The molecule has 0 unspecified atom stereocenters. The van der Waals surface area contributed by atoms with E-state index >= 15 is 0 Å². The molecule has 0 radical (unpaired) electrons. The lowest BCUT2D eigenvalue weighted by Gasteiger charge is -2.45. The quantitative estimate of drug-likeness (QED) is 0.746. The van der Waals surface area contributed by atoms with E-state index in [4.69, 9.17) is 25.8 Å². The Morgan fingerprint density at radius 1 is 1.21 bits per heavy atom. The summed E-state index contributed by atoms with van der Waals surface area (Å²) in [5.74, 6) is -2.75. The molecule has 0 atom stereocenters. The first-order chi connectivity index (χ1) is 13.3. The maximum absolute atomic E-state index is 13.4. The maximum Gasteiger partial charge on any atom is 0.365 e. The van der Waals surface area contributed by atoms with E-state index in [-0.39, 0.29) is 12.6 Å². The molecule has 0 bridgehead atoms. The minimum absolute atomic E-state index is 0.0262. The second kappa shape index (κ2) is 7.66. The van der Waals surface area contributed by atoms with Crippen molar-refractivity contribution in [3.63, 3.8) is 0 Å². The lowest BCUT2D eigenvalue weighted by molar-refractivity contribution is -0.322. The summed E-state index contributed by atoms with van der Waals surface area (Å²) >= 11 is 6.52. The molecule has 2 fully saturated rings. The van der Waals surface area contributed by atoms with Gasteiger partial charge in [0.15, 0.2) is 0 Å². The standard InChI is InChI=1S/C21H26ClNO5/c1-5-26-19(25)20(11-7-6-8-12-20)23-18(24)21(27-15(4)28-21)16-10-9-13(2)14(3)17(16)22/h9-10H,4-8,11-12H2,1-3H3,(H,23,24). The van der Waals surface area contributed by atoms with Crippen molar-refractivity contribution < 1.29 is 23.8 Å². The molecule has 1 saturated heterocycles. The Morgan fingerprint density at radius 3 is 2.43 bits per heavy atom. The minimum Gasteiger partial charge on any atom is -0.464 e. The molecule has 1 aliphatic carbocycles. The number of carbonyl (C=O) groups excluding carboxylic acids is 2. The summed E-state index contributed by atoms with van der Waals surface area (Å²) in [6, 6.07) is 3.55. The van der Waals surface area contributed by atoms with Gasteiger partial charge in [-0.25, -0.2) is 4.79 Å². The third kappa shape index (κ3) is 3.34. The number of amides is 1. The number of nitrogens with one attached hydrogen (secondary N) is 1. The van der Waals surface area contributed by atoms with E-state index in [9.17, 15) is 9.59 Å². The Labute approximate surface area is 170 Å². The Kier molecular flexibility index (Phi) is 5.62. The molecule has 1 heterocycles. The molecule has 1 amide bonds. The van der Waals surface area contributed by atoms with Crippen molar-refractivity contribution >= 4 is 23.5 Å². The van der Waals surface area contributed by atoms with Crippen molar-refractivity contribution in [3.05, 3.63) is 46.4 Å². The summed E-state index contributed by atoms with van der Waals surface area (Å²) in [7, 11) is 0. The van der Waals surface area contributed by atoms with Gasteiger partial charge in [0.25, 0.3) is 5.95 Å². The molecule has 152 valence electrons. The van der Waals surface area contributed by atoms with Gasteiger partial charge in [-0.2, -0.15) is 0 Å². The Balaban J connectivity index is 1.96. The van der Waals surface area contributed by atoms with Crippen LogP contribution in [0.2, 0.25) is 5.02 Å². The molecule has 1 aromatic carbocycles. The van der Waals surface area contributed by atoms with Crippen molar-refractivity contribution in [2.75, 3.05) is 6.61 Å². The van der Waals surface area contributed by atoms with Gasteiger partial charge in [0.2, 0.25) is 0 Å². The molecule has 1 aliphatic heterocycles. The molecule has 2 aliphatic rings. The molecule has 1 saturated carbocycles. The van der Waals surface area contributed by atoms with Crippen molar-refractivity contribution in [2.24, 2.45) is 0 Å². The van der Waals surface area contributed by atoms with E-state index in [2.05, 4.69) is 11.9 Å². The number of hydrogen-bond donors (Lipinski definition) is 1. The van der Waals surface area contributed by atoms with Crippen LogP contribution in [0.5, 0.6) is 0 Å². The van der Waals surface area contributed by atoms with Crippen LogP contribution in [0.1, 0.15) is 55.7 Å². The number of halogens is 1. The van der Waals surface area contributed by atoms with Crippen molar-refractivity contribution in [3.8, 4) is 0 Å². The highest BCUT2D eigenvalue weighted by Crippen LogP contribution is 2.45. The number of esters is 1. The fourth-order valence-corrected chi connectivity index (χ4v) is 4.13. The van der Waals surface area contributed by atoms with E-state index in [1.807, 2.05) is 19.9 Å². The predicted octanol–water partition coefficient (Wildman–Crippen LogP) is 4.01. The SMILES string of the molecule is C=C1OC(C(=O)NC2(C(=O)OCC)CCCCC2)(c2ccc(C)c(C)c2Cl)O1. The largest absolute Gasteiger partial charge is 0.464 e. The van der Waals surface area contributed by atoms with E-state index in [1.54, 1.807) is 13.0 Å². The van der Waals surface area contributed by atoms with Crippen LogP contribution in [-0.2, 0) is 29.6 Å². The molecule has 3 rings (SSSR count). The molecule has 28 heavy (non-hydrogen) atoms. The van der Waals surface area contributed by atoms with Gasteiger partial charge in [0.05, 0.1) is 17.2 Å². The summed E-state index contributed by atoms with van der Waals surface area (Å²) in [6.07, 6.45) is 3.68. The number of benzene rings is 1. The molecule has 7 heteroatoms. The second-order valence-electron chi connectivity index (χ2n) is 7.38. The smallest absolute Gasteiger partial charge is 0.365 e. The first-order valence-electron chi connectivity index (χ1n) is 9.58. The van der Waals surface area contributed by atoms with Gasteiger partial charge in [-0.05, 0) is 57.4 Å². The van der Waals surface area contributed by atoms with Crippen molar-refractivity contribution in [2.45, 2.75) is 64.2 Å². The molecule has 0 spiro atoms. The first-order valence-corrected chi connectivity index (χ1v) is 9.96. The average molecular weight is 408 g/mol. The van der Waals surface area contributed by atoms with E-state index in [1.165, 1.54) is 0 Å². The van der Waals surface area contributed by atoms with Gasteiger partial charge < -0.3 is 19.5 Å². The second-order valence-corrected chi connectivity index (χ2v) is 7.76. The Hall–Kier alpha value is -2.21. The van der Waals surface area contributed by atoms with Crippen molar-refractivity contribution in [1.29, 1.82) is 0 Å². The lowest BCUT2D eigenvalue weighted by Crippen LogP contribution is -2.63. The third-order valence-corrected chi connectivity index (χ3v) is 6.04. The molecule has 1 N–H and O–H groups in total. The van der Waals surface area contributed by atoms with Gasteiger partial charge in [0.1, 0.15) is 5.54 Å². The van der Waals surface area contributed by atoms with Gasteiger partial charge >= 0.3 is 17.7 Å². The summed E-state index contributed by atoms with van der Waals surface area (Å²) in [6.45, 7) is 9.38. The zero-order valence-electron chi connectivity index (χ0n) is 16.5. The number of rotatable bonds is 5. The monoisotopic (exact) mass is 407 g/mol. The molecular formula is C21H26ClNO5. The van der Waals surface area contributed by atoms with Gasteiger partial charge in [-0.15, -0.1) is 0 Å². The lowest BCUT2D eigenvalue weighted by atomic mass is 9.81. The van der Waals surface area contributed by atoms with Crippen LogP contribution in [0.3, 0.4) is 0 Å². The van der Waals surface area contributed by atoms with Crippen LogP contribution >= 0.6 is 11.6 Å². The highest BCUT2D eigenvalue weighted by molar-refractivity contribution is 6.32. The van der Waals surface area contributed by atoms with Gasteiger partial charge in [-0.3, -0.25) is 4.79 Å². The van der Waals surface area contributed by atoms with Crippen molar-refractivity contribution in [1.82, 2.24) is 5.32 Å². The summed E-state index contributed by atoms with van der Waals surface area (Å²) in [5.41, 5.74) is 1.11. The molecule has 6 nitrogen and oxygen atoms in total. The number of aryl methyl sites for hydroxylation is 1.